The summed E-state index contributed by atoms with van der Waals surface area (Å²) >= 11 is 0. The normalized spacial score (nSPS) is 24.4. The Labute approximate surface area is 114 Å². The number of benzene rings is 1. The number of ether oxygens (including phenoxy) is 1. The van der Waals surface area contributed by atoms with Gasteiger partial charge in [-0.2, -0.15) is 8.42 Å². The van der Waals surface area contributed by atoms with Gasteiger partial charge in [0.05, 0.1) is 11.0 Å². The Kier molecular flexibility index (Phi) is 4.28. The zero-order chi connectivity index (χ0) is 14.0. The highest BCUT2D eigenvalue weighted by Gasteiger charge is 2.24. The molecule has 5 heteroatoms. The lowest BCUT2D eigenvalue weighted by molar-refractivity contribution is 0.0658. The van der Waals surface area contributed by atoms with E-state index >= 15 is 0 Å². The largest absolute Gasteiger partial charge is 0.381 e. The maximum absolute atomic E-state index is 11.2. The van der Waals surface area contributed by atoms with Gasteiger partial charge in [-0.1, -0.05) is 6.07 Å². The minimum atomic E-state index is -4.12. The molecular formula is C14H20O4S. The monoisotopic (exact) mass is 284 g/mol. The molecule has 0 spiro atoms. The lowest BCUT2D eigenvalue weighted by Crippen LogP contribution is -2.20. The highest BCUT2D eigenvalue weighted by molar-refractivity contribution is 7.85. The third-order valence-corrected chi connectivity index (χ3v) is 4.85. The van der Waals surface area contributed by atoms with Crippen LogP contribution in [0, 0.1) is 6.92 Å². The molecule has 0 amide bonds. The Balaban J connectivity index is 2.25. The van der Waals surface area contributed by atoms with E-state index in [0.717, 1.165) is 36.8 Å². The van der Waals surface area contributed by atoms with Crippen molar-refractivity contribution in [2.45, 2.75) is 49.5 Å². The van der Waals surface area contributed by atoms with Crippen molar-refractivity contribution in [2.75, 3.05) is 7.11 Å². The highest BCUT2D eigenvalue weighted by Crippen LogP contribution is 2.36. The fourth-order valence-corrected chi connectivity index (χ4v) is 3.34. The van der Waals surface area contributed by atoms with E-state index in [-0.39, 0.29) is 4.90 Å². The van der Waals surface area contributed by atoms with Gasteiger partial charge >= 0.3 is 0 Å². The molecular weight excluding hydrogens is 264 g/mol. The first-order valence-corrected chi connectivity index (χ1v) is 7.96. The topological polar surface area (TPSA) is 63.6 Å². The summed E-state index contributed by atoms with van der Waals surface area (Å²) in [5.41, 5.74) is 2.11. The summed E-state index contributed by atoms with van der Waals surface area (Å²) in [7, 11) is -2.39. The highest BCUT2D eigenvalue weighted by atomic mass is 32.2. The number of hydrogen-bond donors (Lipinski definition) is 1. The van der Waals surface area contributed by atoms with Gasteiger partial charge < -0.3 is 4.74 Å². The summed E-state index contributed by atoms with van der Waals surface area (Å²) in [6, 6.07) is 4.83. The van der Waals surface area contributed by atoms with Crippen LogP contribution >= 0.6 is 0 Å². The molecule has 0 aromatic heterocycles. The summed E-state index contributed by atoms with van der Waals surface area (Å²) in [6.45, 7) is 1.98. The Morgan fingerprint density at radius 2 is 1.84 bits per heavy atom. The summed E-state index contributed by atoms with van der Waals surface area (Å²) in [5, 5.41) is 0. The van der Waals surface area contributed by atoms with Crippen molar-refractivity contribution in [3.8, 4) is 0 Å². The average molecular weight is 284 g/mol. The molecule has 1 N–H and O–H groups in total. The van der Waals surface area contributed by atoms with Gasteiger partial charge in [0.25, 0.3) is 10.1 Å². The Bertz CT molecular complexity index is 543. The van der Waals surface area contributed by atoms with E-state index in [1.54, 1.807) is 19.2 Å². The molecule has 0 unspecified atom stereocenters. The Morgan fingerprint density at radius 3 is 2.37 bits per heavy atom. The lowest BCUT2D eigenvalue weighted by Gasteiger charge is -2.29. The second kappa shape index (κ2) is 5.61. The molecule has 106 valence electrons. The first-order chi connectivity index (χ1) is 8.91. The molecule has 2 rings (SSSR count). The molecule has 4 nitrogen and oxygen atoms in total. The van der Waals surface area contributed by atoms with Crippen molar-refractivity contribution >= 4 is 10.1 Å². The van der Waals surface area contributed by atoms with Gasteiger partial charge in [0.1, 0.15) is 0 Å². The first kappa shape index (κ1) is 14.5. The van der Waals surface area contributed by atoms with Crippen molar-refractivity contribution in [1.29, 1.82) is 0 Å². The third-order valence-electron chi connectivity index (χ3n) is 4.00. The Morgan fingerprint density at radius 1 is 1.21 bits per heavy atom. The maximum Gasteiger partial charge on any atom is 0.294 e. The van der Waals surface area contributed by atoms with Crippen molar-refractivity contribution in [3.63, 3.8) is 0 Å². The summed E-state index contributed by atoms with van der Waals surface area (Å²) in [6.07, 6.45) is 4.30. The summed E-state index contributed by atoms with van der Waals surface area (Å²) in [5.74, 6) is 0.355. The Hall–Kier alpha value is -0.910. The fourth-order valence-electron chi connectivity index (χ4n) is 2.83. The van der Waals surface area contributed by atoms with E-state index in [0.29, 0.717) is 12.0 Å². The number of hydrogen-bond acceptors (Lipinski definition) is 3. The van der Waals surface area contributed by atoms with Crippen LogP contribution in [-0.2, 0) is 14.9 Å². The molecule has 1 aromatic carbocycles. The second-order valence-corrected chi connectivity index (χ2v) is 6.62. The van der Waals surface area contributed by atoms with E-state index < -0.39 is 10.1 Å². The second-order valence-electron chi connectivity index (χ2n) is 5.20. The van der Waals surface area contributed by atoms with Gasteiger partial charge in [0.2, 0.25) is 0 Å². The number of aryl methyl sites for hydroxylation is 1. The van der Waals surface area contributed by atoms with E-state index in [4.69, 9.17) is 9.29 Å². The minimum absolute atomic E-state index is 0.0121. The van der Waals surface area contributed by atoms with Crippen molar-refractivity contribution in [1.82, 2.24) is 0 Å². The van der Waals surface area contributed by atoms with Crippen LogP contribution in [0.5, 0.6) is 0 Å². The minimum Gasteiger partial charge on any atom is -0.381 e. The third kappa shape index (κ3) is 3.35. The molecule has 0 heterocycles. The predicted octanol–water partition coefficient (Wildman–Crippen LogP) is 2.91. The quantitative estimate of drug-likeness (QED) is 0.867. The zero-order valence-electron chi connectivity index (χ0n) is 11.3. The van der Waals surface area contributed by atoms with E-state index in [1.807, 2.05) is 6.92 Å². The van der Waals surface area contributed by atoms with Crippen LogP contribution < -0.4 is 0 Å². The van der Waals surface area contributed by atoms with Crippen LogP contribution in [0.15, 0.2) is 23.1 Å². The predicted molar refractivity (Wildman–Crippen MR) is 73.0 cm³/mol. The summed E-state index contributed by atoms with van der Waals surface area (Å²) in [4.78, 5) is -0.0121. The van der Waals surface area contributed by atoms with E-state index in [9.17, 15) is 8.42 Å². The molecule has 19 heavy (non-hydrogen) atoms. The van der Waals surface area contributed by atoms with Crippen molar-refractivity contribution in [3.05, 3.63) is 29.3 Å². The van der Waals surface area contributed by atoms with Crippen LogP contribution in [0.3, 0.4) is 0 Å². The average Bonchev–Trinajstić information content (AvgIpc) is 2.38. The standard InChI is InChI=1S/C14H20O4S/c1-10-3-8-13(19(15,16)17)9-14(10)11-4-6-12(18-2)7-5-11/h3,8-9,11-12H,4-7H2,1-2H3,(H,15,16,17). The van der Waals surface area contributed by atoms with E-state index in [2.05, 4.69) is 0 Å². The molecule has 0 atom stereocenters. The van der Waals surface area contributed by atoms with Gasteiger partial charge in [0, 0.05) is 7.11 Å². The van der Waals surface area contributed by atoms with Gasteiger partial charge in [-0.05, 0) is 61.8 Å². The molecule has 1 aliphatic carbocycles. The van der Waals surface area contributed by atoms with Gasteiger partial charge in [-0.25, -0.2) is 0 Å². The first-order valence-electron chi connectivity index (χ1n) is 6.52. The number of rotatable bonds is 3. The zero-order valence-corrected chi connectivity index (χ0v) is 12.1. The smallest absolute Gasteiger partial charge is 0.294 e. The summed E-state index contributed by atoms with van der Waals surface area (Å²) < 4.78 is 36.9. The van der Waals surface area contributed by atoms with Crippen LogP contribution in [-0.4, -0.2) is 26.2 Å². The number of methoxy groups -OCH3 is 1. The van der Waals surface area contributed by atoms with Crippen LogP contribution in [0.2, 0.25) is 0 Å². The maximum atomic E-state index is 11.2. The molecule has 1 aliphatic rings. The van der Waals surface area contributed by atoms with Crippen molar-refractivity contribution in [2.24, 2.45) is 0 Å². The van der Waals surface area contributed by atoms with E-state index in [1.165, 1.54) is 6.07 Å². The van der Waals surface area contributed by atoms with Gasteiger partial charge in [-0.15, -0.1) is 0 Å². The molecule has 0 aliphatic heterocycles. The molecule has 1 aromatic rings. The molecule has 0 radical (unpaired) electrons. The van der Waals surface area contributed by atoms with Crippen molar-refractivity contribution < 1.29 is 17.7 Å². The van der Waals surface area contributed by atoms with Crippen LogP contribution in [0.25, 0.3) is 0 Å². The van der Waals surface area contributed by atoms with Gasteiger partial charge in [-0.3, -0.25) is 4.55 Å². The van der Waals surface area contributed by atoms with Crippen LogP contribution in [0.4, 0.5) is 0 Å². The molecule has 1 fully saturated rings. The molecule has 1 saturated carbocycles. The fraction of sp³-hybridized carbons (Fsp3) is 0.571. The molecule has 0 saturated heterocycles. The van der Waals surface area contributed by atoms with Gasteiger partial charge in [0.15, 0.2) is 0 Å². The van der Waals surface area contributed by atoms with Crippen LogP contribution in [0.1, 0.15) is 42.7 Å². The SMILES string of the molecule is COC1CCC(c2cc(S(=O)(=O)O)ccc2C)CC1. The molecule has 0 bridgehead atoms. The lowest BCUT2D eigenvalue weighted by atomic mass is 9.81.